The van der Waals surface area contributed by atoms with Crippen LogP contribution in [-0.2, 0) is 4.79 Å². The van der Waals surface area contributed by atoms with E-state index in [4.69, 9.17) is 9.47 Å². The molecule has 0 saturated heterocycles. The van der Waals surface area contributed by atoms with Crippen molar-refractivity contribution in [2.45, 2.75) is 18.4 Å². The molecule has 3 aliphatic rings. The highest BCUT2D eigenvalue weighted by Crippen LogP contribution is 2.49. The Balaban J connectivity index is 1.53. The van der Waals surface area contributed by atoms with E-state index < -0.39 is 16.9 Å². The number of para-hydroxylation sites is 2. The highest BCUT2D eigenvalue weighted by atomic mass is 32.1. The third-order valence-electron chi connectivity index (χ3n) is 6.30. The van der Waals surface area contributed by atoms with Crippen molar-refractivity contribution in [1.82, 2.24) is 0 Å². The minimum Gasteiger partial charge on any atom is -0.454 e. The number of carbonyl (C=O) groups excluding carboxylic acids is 1. The van der Waals surface area contributed by atoms with Crippen LogP contribution in [0.1, 0.15) is 28.8 Å². The zero-order chi connectivity index (χ0) is 22.5. The summed E-state index contributed by atoms with van der Waals surface area (Å²) in [6.07, 6.45) is 2.43. The van der Waals surface area contributed by atoms with Gasteiger partial charge in [-0.05, 0) is 29.6 Å². The number of ether oxygens (including phenoxy) is 2. The smallest absolute Gasteiger partial charge is 0.278 e. The molecule has 166 valence electrons. The van der Waals surface area contributed by atoms with Gasteiger partial charge in [-0.25, -0.2) is 0 Å². The van der Waals surface area contributed by atoms with E-state index in [1.54, 1.807) is 17.4 Å². The van der Waals surface area contributed by atoms with Gasteiger partial charge in [-0.15, -0.1) is 11.3 Å². The number of allylic oxidation sites excluding steroid dienone is 1. The van der Waals surface area contributed by atoms with Crippen molar-refractivity contribution in [3.05, 3.63) is 86.2 Å². The normalized spacial score (nSPS) is 22.8. The molecule has 2 aromatic carbocycles. The highest BCUT2D eigenvalue weighted by molar-refractivity contribution is 7.10. The van der Waals surface area contributed by atoms with Crippen molar-refractivity contribution in [3.8, 4) is 11.5 Å². The third-order valence-corrected chi connectivity index (χ3v) is 7.30. The predicted molar refractivity (Wildman–Crippen MR) is 124 cm³/mol. The molecule has 3 heterocycles. The number of benzene rings is 2. The predicted octanol–water partition coefficient (Wildman–Crippen LogP) is 5.22. The molecule has 1 aliphatic carbocycles. The molecule has 0 radical (unpaired) electrons. The number of rotatable bonds is 3. The fraction of sp³-hybridized carbons (Fsp3) is 0.208. The Kier molecular flexibility index (Phi) is 4.58. The van der Waals surface area contributed by atoms with Gasteiger partial charge in [0.1, 0.15) is 5.78 Å². The third kappa shape index (κ3) is 3.32. The topological polar surface area (TPSA) is 103 Å². The van der Waals surface area contributed by atoms with Gasteiger partial charge in [0.05, 0.1) is 39.9 Å². The second-order valence-corrected chi connectivity index (χ2v) is 9.19. The largest absolute Gasteiger partial charge is 0.454 e. The summed E-state index contributed by atoms with van der Waals surface area (Å²) in [5, 5.41) is 20.9. The molecule has 0 bridgehead atoms. The van der Waals surface area contributed by atoms with Crippen molar-refractivity contribution in [1.29, 1.82) is 0 Å². The fourth-order valence-corrected chi connectivity index (χ4v) is 5.60. The number of Topliss-reactive ketones (excluding diaryl/α,β-unsaturated/α-hetero) is 1. The molecule has 2 N–H and O–H groups in total. The lowest BCUT2D eigenvalue weighted by Crippen LogP contribution is -2.34. The van der Waals surface area contributed by atoms with Gasteiger partial charge in [-0.3, -0.25) is 14.9 Å². The van der Waals surface area contributed by atoms with Gasteiger partial charge in [-0.2, -0.15) is 0 Å². The first-order valence-electron chi connectivity index (χ1n) is 10.6. The summed E-state index contributed by atoms with van der Waals surface area (Å²) in [6, 6.07) is 14.0. The van der Waals surface area contributed by atoms with Crippen LogP contribution >= 0.6 is 11.3 Å². The molecule has 2 aliphatic heterocycles. The maximum Gasteiger partial charge on any atom is 0.278 e. The van der Waals surface area contributed by atoms with E-state index in [1.165, 1.54) is 6.07 Å². The molecule has 6 rings (SSSR count). The Morgan fingerprint density at radius 2 is 1.85 bits per heavy atom. The maximum absolute atomic E-state index is 13.6. The molecule has 0 amide bonds. The lowest BCUT2D eigenvalue weighted by atomic mass is 9.77. The van der Waals surface area contributed by atoms with E-state index >= 15 is 0 Å². The summed E-state index contributed by atoms with van der Waals surface area (Å²) < 4.78 is 10.9. The number of carbonyl (C=O) groups is 1. The maximum atomic E-state index is 13.6. The van der Waals surface area contributed by atoms with Crippen molar-refractivity contribution in [3.63, 3.8) is 0 Å². The Hall–Kier alpha value is -3.85. The first kappa shape index (κ1) is 19.8. The number of fused-ring (bicyclic) bond motifs is 3. The van der Waals surface area contributed by atoms with Crippen LogP contribution in [0.3, 0.4) is 0 Å². The Morgan fingerprint density at radius 3 is 2.61 bits per heavy atom. The van der Waals surface area contributed by atoms with Crippen LogP contribution in [0, 0.1) is 16.0 Å². The minimum atomic E-state index is -0.654. The number of anilines is 2. The Bertz CT molecular complexity index is 1300. The van der Waals surface area contributed by atoms with Crippen molar-refractivity contribution in [2.24, 2.45) is 5.92 Å². The molecule has 3 atom stereocenters. The monoisotopic (exact) mass is 461 g/mol. The fourth-order valence-electron chi connectivity index (χ4n) is 4.80. The lowest BCUT2D eigenvalue weighted by Gasteiger charge is -2.32. The average molecular weight is 461 g/mol. The van der Waals surface area contributed by atoms with Gasteiger partial charge >= 0.3 is 0 Å². The van der Waals surface area contributed by atoms with Crippen LogP contribution in [0.5, 0.6) is 11.5 Å². The van der Waals surface area contributed by atoms with E-state index in [1.807, 2.05) is 41.8 Å². The van der Waals surface area contributed by atoms with Crippen LogP contribution in [-0.4, -0.2) is 17.5 Å². The lowest BCUT2D eigenvalue weighted by molar-refractivity contribution is -0.385. The molecule has 0 fully saturated rings. The molecule has 3 aromatic rings. The average Bonchev–Trinajstić information content (AvgIpc) is 3.47. The number of thiophene rings is 1. The highest BCUT2D eigenvalue weighted by Gasteiger charge is 2.43. The van der Waals surface area contributed by atoms with Crippen LogP contribution in [0.25, 0.3) is 0 Å². The van der Waals surface area contributed by atoms with E-state index in [9.17, 15) is 14.9 Å². The van der Waals surface area contributed by atoms with Gasteiger partial charge in [0.25, 0.3) is 5.69 Å². The summed E-state index contributed by atoms with van der Waals surface area (Å²) in [5.41, 5.74) is 2.62. The van der Waals surface area contributed by atoms with Gasteiger partial charge in [0.15, 0.2) is 11.5 Å². The molecule has 33 heavy (non-hydrogen) atoms. The molecule has 0 saturated carbocycles. The molecule has 3 unspecified atom stereocenters. The second kappa shape index (κ2) is 7.63. The van der Waals surface area contributed by atoms with Gasteiger partial charge in [0.2, 0.25) is 6.79 Å². The number of hydrogen-bond acceptors (Lipinski definition) is 8. The Labute approximate surface area is 193 Å². The summed E-state index contributed by atoms with van der Waals surface area (Å²) >= 11 is 1.62. The Morgan fingerprint density at radius 1 is 1.06 bits per heavy atom. The molecular weight excluding hydrogens is 442 g/mol. The van der Waals surface area contributed by atoms with Crippen molar-refractivity contribution >= 4 is 34.2 Å². The van der Waals surface area contributed by atoms with Gasteiger partial charge in [0, 0.05) is 22.9 Å². The number of nitrogens with one attached hydrogen (secondary N) is 2. The standard InChI is InChI=1S/C24H19N3O5S/c28-19-9-13(22-6-3-7-33-22)8-17-23(19)24(26-16-5-2-1-4-15(16)25-17)14-10-20-21(32-12-31-20)11-18(14)27(29)30/h1-8,10-11,13,23-26H,9,12H2. The van der Waals surface area contributed by atoms with Crippen LogP contribution in [0.4, 0.5) is 17.1 Å². The number of nitro groups is 1. The zero-order valence-electron chi connectivity index (χ0n) is 17.3. The van der Waals surface area contributed by atoms with E-state index in [-0.39, 0.29) is 24.2 Å². The molecular formula is C24H19N3O5S. The second-order valence-electron chi connectivity index (χ2n) is 8.21. The molecule has 1 aromatic heterocycles. The number of nitrogens with zero attached hydrogens (tertiary/aromatic N) is 1. The summed E-state index contributed by atoms with van der Waals surface area (Å²) in [7, 11) is 0. The van der Waals surface area contributed by atoms with Gasteiger partial charge < -0.3 is 20.1 Å². The summed E-state index contributed by atoms with van der Waals surface area (Å²) in [4.78, 5) is 26.3. The summed E-state index contributed by atoms with van der Waals surface area (Å²) in [6.45, 7) is 0.00836. The van der Waals surface area contributed by atoms with E-state index in [0.717, 1.165) is 21.9 Å². The molecule has 8 nitrogen and oxygen atoms in total. The molecule has 0 spiro atoms. The number of hydrogen-bond donors (Lipinski definition) is 2. The summed E-state index contributed by atoms with van der Waals surface area (Å²) in [5.74, 6) is 0.145. The number of ketones is 1. The minimum absolute atomic E-state index is 0.00836. The van der Waals surface area contributed by atoms with Gasteiger partial charge in [-0.1, -0.05) is 24.3 Å². The SMILES string of the molecule is O=C1CC(c2cccs2)C=C2Nc3ccccc3NC(c3cc4c(cc3[N+](=O)[O-])OCO4)C12. The van der Waals surface area contributed by atoms with Crippen LogP contribution in [0.15, 0.2) is 65.7 Å². The van der Waals surface area contributed by atoms with Crippen molar-refractivity contribution < 1.29 is 19.2 Å². The number of nitro benzene ring substituents is 1. The van der Waals surface area contributed by atoms with E-state index in [2.05, 4.69) is 16.7 Å². The first-order valence-corrected chi connectivity index (χ1v) is 11.4. The van der Waals surface area contributed by atoms with E-state index in [0.29, 0.717) is 23.5 Å². The first-order chi connectivity index (χ1) is 16.1. The molecule has 9 heteroatoms. The van der Waals surface area contributed by atoms with Crippen LogP contribution < -0.4 is 20.1 Å². The van der Waals surface area contributed by atoms with Crippen LogP contribution in [0.2, 0.25) is 0 Å². The zero-order valence-corrected chi connectivity index (χ0v) is 18.1. The quantitative estimate of drug-likeness (QED) is 0.407. The van der Waals surface area contributed by atoms with Crippen molar-refractivity contribution in [2.75, 3.05) is 17.4 Å².